The van der Waals surface area contributed by atoms with Crippen molar-refractivity contribution in [2.75, 3.05) is 26.7 Å². The molecule has 0 spiro atoms. The molecule has 0 bridgehead atoms. The predicted molar refractivity (Wildman–Crippen MR) is 85.9 cm³/mol. The molecule has 0 aromatic heterocycles. The van der Waals surface area contributed by atoms with Gasteiger partial charge in [0.2, 0.25) is 0 Å². The molecule has 1 unspecified atom stereocenters. The third kappa shape index (κ3) is 2.64. The van der Waals surface area contributed by atoms with Gasteiger partial charge in [0.25, 0.3) is 0 Å². The van der Waals surface area contributed by atoms with E-state index in [1.165, 1.54) is 11.1 Å². The molecule has 120 valence electrons. The van der Waals surface area contributed by atoms with Gasteiger partial charge in [0.1, 0.15) is 11.6 Å². The van der Waals surface area contributed by atoms with Gasteiger partial charge in [-0.2, -0.15) is 0 Å². The molecule has 0 aromatic rings. The summed E-state index contributed by atoms with van der Waals surface area (Å²) in [7, 11) is 1.85. The van der Waals surface area contributed by atoms with Gasteiger partial charge < -0.3 is 21.4 Å². The van der Waals surface area contributed by atoms with Crippen molar-refractivity contribution in [1.82, 2.24) is 21.4 Å². The first-order valence-corrected chi connectivity index (χ1v) is 7.85. The first-order chi connectivity index (χ1) is 10.8. The van der Waals surface area contributed by atoms with Gasteiger partial charge in [-0.1, -0.05) is 6.08 Å². The van der Waals surface area contributed by atoms with Crippen LogP contribution in [-0.4, -0.2) is 26.7 Å². The molecule has 6 N–H and O–H groups in total. The predicted octanol–water partition coefficient (Wildman–Crippen LogP) is 0.921. The molecule has 0 saturated heterocycles. The van der Waals surface area contributed by atoms with Crippen molar-refractivity contribution in [2.24, 2.45) is 11.8 Å². The zero-order valence-electron chi connectivity index (χ0n) is 12.9. The van der Waals surface area contributed by atoms with Gasteiger partial charge in [-0.25, -0.2) is 4.39 Å². The molecule has 5 nitrogen and oxygen atoms in total. The van der Waals surface area contributed by atoms with E-state index in [-0.39, 0.29) is 11.7 Å². The number of nitrogens with two attached hydrogens (primary N) is 1. The van der Waals surface area contributed by atoms with Crippen LogP contribution in [0.1, 0.15) is 19.3 Å². The molecule has 3 rings (SSSR count). The number of hydrogen-bond donors (Lipinski definition) is 5. The lowest BCUT2D eigenvalue weighted by atomic mass is 9.80. The lowest BCUT2D eigenvalue weighted by Gasteiger charge is -2.30. The van der Waals surface area contributed by atoms with Gasteiger partial charge in [0.05, 0.1) is 11.6 Å². The molecule has 2 heterocycles. The maximum absolute atomic E-state index is 14.5. The van der Waals surface area contributed by atoms with Gasteiger partial charge in [0, 0.05) is 20.1 Å². The monoisotopic (exact) mass is 305 g/mol. The van der Waals surface area contributed by atoms with Gasteiger partial charge in [-0.15, -0.1) is 0 Å². The topological polar surface area (TPSA) is 74.1 Å². The molecule has 1 aliphatic carbocycles. The Morgan fingerprint density at radius 1 is 1.27 bits per heavy atom. The molecule has 22 heavy (non-hydrogen) atoms. The molecular weight excluding hydrogens is 281 g/mol. The van der Waals surface area contributed by atoms with Crippen molar-refractivity contribution >= 4 is 0 Å². The Hall–Kier alpha value is -1.79. The van der Waals surface area contributed by atoms with Crippen LogP contribution in [0.25, 0.3) is 0 Å². The highest BCUT2D eigenvalue weighted by atomic mass is 19.1. The van der Waals surface area contributed by atoms with Crippen molar-refractivity contribution in [3.8, 4) is 0 Å². The van der Waals surface area contributed by atoms with Crippen molar-refractivity contribution in [1.29, 1.82) is 0 Å². The molecule has 0 radical (unpaired) electrons. The minimum atomic E-state index is -0.129. The Kier molecular flexibility index (Phi) is 4.49. The molecule has 6 heteroatoms. The Morgan fingerprint density at radius 2 is 2.14 bits per heavy atom. The fraction of sp³-hybridized carbons (Fsp3) is 0.500. The Labute approximate surface area is 130 Å². The van der Waals surface area contributed by atoms with E-state index in [1.807, 2.05) is 13.1 Å². The third-order valence-electron chi connectivity index (χ3n) is 4.66. The Morgan fingerprint density at radius 3 is 2.86 bits per heavy atom. The minimum Gasteiger partial charge on any atom is -0.373 e. The molecule has 1 atom stereocenters. The number of nitrogens with one attached hydrogen (secondary N) is 4. The minimum absolute atomic E-state index is 0.126. The van der Waals surface area contributed by atoms with Crippen LogP contribution in [0.15, 0.2) is 46.2 Å². The van der Waals surface area contributed by atoms with Gasteiger partial charge in [-0.3, -0.25) is 5.84 Å². The SMILES string of the molecule is CNC1=C(NN)C(C2=C(F)C=CCC2)C2=C(CCNC2)CN1. The Balaban J connectivity index is 2.14. The van der Waals surface area contributed by atoms with E-state index in [9.17, 15) is 4.39 Å². The first-order valence-electron chi connectivity index (χ1n) is 7.85. The summed E-state index contributed by atoms with van der Waals surface area (Å²) in [5.74, 6) is 6.40. The molecular formula is C16H24FN5. The smallest absolute Gasteiger partial charge is 0.123 e. The second-order valence-electron chi connectivity index (χ2n) is 5.84. The average Bonchev–Trinajstić information content (AvgIpc) is 2.71. The standard InChI is InChI=1S/C16H24FN5/c1-19-16-15(22-18)14(11-4-2-3-5-13(11)17)12-9-20-7-6-10(12)8-21-16/h3,5,14,19-22H,2,4,6-9,18H2,1H3. The zero-order chi connectivity index (χ0) is 15.5. The van der Waals surface area contributed by atoms with E-state index in [1.54, 1.807) is 6.08 Å². The van der Waals surface area contributed by atoms with Crippen LogP contribution in [0.5, 0.6) is 0 Å². The molecule has 0 aromatic carbocycles. The van der Waals surface area contributed by atoms with Crippen molar-refractivity contribution in [3.05, 3.63) is 46.2 Å². The van der Waals surface area contributed by atoms with E-state index in [0.29, 0.717) is 0 Å². The van der Waals surface area contributed by atoms with Crippen molar-refractivity contribution < 1.29 is 4.39 Å². The van der Waals surface area contributed by atoms with Crippen molar-refractivity contribution in [2.45, 2.75) is 19.3 Å². The zero-order valence-corrected chi connectivity index (χ0v) is 12.9. The molecule has 3 aliphatic rings. The van der Waals surface area contributed by atoms with Crippen LogP contribution >= 0.6 is 0 Å². The van der Waals surface area contributed by atoms with E-state index in [0.717, 1.165) is 56.0 Å². The normalized spacial score (nSPS) is 25.7. The lowest BCUT2D eigenvalue weighted by Crippen LogP contribution is -2.37. The maximum Gasteiger partial charge on any atom is 0.123 e. The van der Waals surface area contributed by atoms with Crippen molar-refractivity contribution in [3.63, 3.8) is 0 Å². The molecule has 0 saturated carbocycles. The summed E-state index contributed by atoms with van der Waals surface area (Å²) in [6.45, 7) is 2.53. The third-order valence-corrected chi connectivity index (χ3v) is 4.66. The summed E-state index contributed by atoms with van der Waals surface area (Å²) in [6, 6.07) is 0. The maximum atomic E-state index is 14.5. The fourth-order valence-electron chi connectivity index (χ4n) is 3.56. The summed E-state index contributed by atoms with van der Waals surface area (Å²) in [6.07, 6.45) is 6.06. The summed E-state index contributed by atoms with van der Waals surface area (Å²) >= 11 is 0. The van der Waals surface area contributed by atoms with E-state index in [2.05, 4.69) is 21.4 Å². The average molecular weight is 305 g/mol. The summed E-state index contributed by atoms with van der Waals surface area (Å²) in [5.41, 5.74) is 7.06. The van der Waals surface area contributed by atoms with Crippen LogP contribution in [0.4, 0.5) is 4.39 Å². The van der Waals surface area contributed by atoms with Gasteiger partial charge >= 0.3 is 0 Å². The molecule has 0 amide bonds. The van der Waals surface area contributed by atoms with Gasteiger partial charge in [0.15, 0.2) is 0 Å². The highest BCUT2D eigenvalue weighted by Gasteiger charge is 2.33. The first kappa shape index (κ1) is 15.1. The summed E-state index contributed by atoms with van der Waals surface area (Å²) < 4.78 is 14.5. The number of allylic oxidation sites excluding steroid dienone is 4. The number of hydrazine groups is 1. The van der Waals surface area contributed by atoms with Crippen LogP contribution in [-0.2, 0) is 0 Å². The van der Waals surface area contributed by atoms with Gasteiger partial charge in [-0.05, 0) is 48.6 Å². The van der Waals surface area contributed by atoms with Crippen LogP contribution in [0.2, 0.25) is 0 Å². The number of rotatable bonds is 3. The highest BCUT2D eigenvalue weighted by Crippen LogP contribution is 2.38. The quantitative estimate of drug-likeness (QED) is 0.305. The van der Waals surface area contributed by atoms with E-state index >= 15 is 0 Å². The second kappa shape index (κ2) is 6.54. The van der Waals surface area contributed by atoms with Crippen LogP contribution in [0.3, 0.4) is 0 Å². The van der Waals surface area contributed by atoms with E-state index < -0.39 is 0 Å². The molecule has 0 fully saturated rings. The number of halogens is 1. The largest absolute Gasteiger partial charge is 0.373 e. The molecule has 2 aliphatic heterocycles. The number of hydrogen-bond acceptors (Lipinski definition) is 5. The van der Waals surface area contributed by atoms with Crippen LogP contribution < -0.4 is 27.2 Å². The Bertz CT molecular complexity index is 559. The van der Waals surface area contributed by atoms with E-state index in [4.69, 9.17) is 5.84 Å². The summed E-state index contributed by atoms with van der Waals surface area (Å²) in [4.78, 5) is 0. The fourth-order valence-corrected chi connectivity index (χ4v) is 3.56. The summed E-state index contributed by atoms with van der Waals surface area (Å²) in [5, 5.41) is 9.96. The van der Waals surface area contributed by atoms with Crippen LogP contribution in [0, 0.1) is 5.92 Å². The second-order valence-corrected chi connectivity index (χ2v) is 5.84. The highest BCUT2D eigenvalue weighted by molar-refractivity contribution is 5.44. The lowest BCUT2D eigenvalue weighted by molar-refractivity contribution is 0.557.